The van der Waals surface area contributed by atoms with Crippen molar-refractivity contribution < 1.29 is 14.3 Å². The molecular weight excluding hydrogens is 292 g/mol. The van der Waals surface area contributed by atoms with E-state index in [0.29, 0.717) is 36.8 Å². The topological polar surface area (TPSA) is 59.6 Å². The number of carbonyl (C=O) groups excluding carboxylic acids is 1. The maximum atomic E-state index is 12.5. The van der Waals surface area contributed by atoms with Crippen LogP contribution in [0.3, 0.4) is 0 Å². The normalized spacial score (nSPS) is 15.1. The van der Waals surface area contributed by atoms with Crippen LogP contribution in [0.4, 0.5) is 0 Å². The van der Waals surface area contributed by atoms with Crippen molar-refractivity contribution in [2.24, 2.45) is 0 Å². The van der Waals surface area contributed by atoms with Crippen LogP contribution in [0.25, 0.3) is 0 Å². The quantitative estimate of drug-likeness (QED) is 0.910. The zero-order valence-corrected chi connectivity index (χ0v) is 12.7. The van der Waals surface area contributed by atoms with Gasteiger partial charge in [-0.1, -0.05) is 24.3 Å². The molecule has 2 heterocycles. The Morgan fingerprint density at radius 3 is 2.91 bits per heavy atom. The molecule has 5 nitrogen and oxygen atoms in total. The highest BCUT2D eigenvalue weighted by Crippen LogP contribution is 2.33. The number of hydrogen-bond acceptors (Lipinski definition) is 4. The van der Waals surface area contributed by atoms with Gasteiger partial charge in [0.1, 0.15) is 13.2 Å². The lowest BCUT2D eigenvalue weighted by Gasteiger charge is -2.20. The molecule has 0 radical (unpaired) electrons. The number of fused-ring (bicyclic) bond motifs is 2. The Morgan fingerprint density at radius 2 is 1.96 bits per heavy atom. The zero-order valence-electron chi connectivity index (χ0n) is 12.7. The molecule has 0 fully saturated rings. The molecule has 23 heavy (non-hydrogen) atoms. The van der Waals surface area contributed by atoms with E-state index in [1.807, 2.05) is 12.1 Å². The number of benzene rings is 2. The summed E-state index contributed by atoms with van der Waals surface area (Å²) in [4.78, 5) is 12.5. The van der Waals surface area contributed by atoms with Gasteiger partial charge in [0, 0.05) is 19.6 Å². The molecule has 0 spiro atoms. The minimum atomic E-state index is -0.147. The fraction of sp³-hybridized carbons (Fsp3) is 0.278. The van der Waals surface area contributed by atoms with Gasteiger partial charge >= 0.3 is 0 Å². The van der Waals surface area contributed by atoms with Crippen LogP contribution in [-0.4, -0.2) is 19.1 Å². The largest absolute Gasteiger partial charge is 0.486 e. The Labute approximate surface area is 134 Å². The second-order valence-corrected chi connectivity index (χ2v) is 5.72. The fourth-order valence-electron chi connectivity index (χ4n) is 2.99. The van der Waals surface area contributed by atoms with Gasteiger partial charge < -0.3 is 20.1 Å². The van der Waals surface area contributed by atoms with Crippen molar-refractivity contribution >= 4 is 5.91 Å². The summed E-state index contributed by atoms with van der Waals surface area (Å²) in [5.74, 6) is 1.02. The minimum Gasteiger partial charge on any atom is -0.486 e. The molecular formula is C18H18N2O3. The van der Waals surface area contributed by atoms with Crippen molar-refractivity contribution in [2.45, 2.75) is 19.6 Å². The van der Waals surface area contributed by atoms with E-state index in [2.05, 4.69) is 28.8 Å². The SMILES string of the molecule is O=C(NCc1ccc2c(c1)CNC2)c1cccc2c1OCCO2. The predicted octanol–water partition coefficient (Wildman–Crippen LogP) is 1.99. The van der Waals surface area contributed by atoms with Gasteiger partial charge in [-0.2, -0.15) is 0 Å². The molecule has 2 aromatic rings. The molecule has 1 amide bonds. The van der Waals surface area contributed by atoms with Crippen molar-refractivity contribution in [3.05, 3.63) is 58.7 Å². The third-order valence-corrected chi connectivity index (χ3v) is 4.17. The van der Waals surface area contributed by atoms with Gasteiger partial charge in [0.05, 0.1) is 5.56 Å². The average molecular weight is 310 g/mol. The highest BCUT2D eigenvalue weighted by atomic mass is 16.6. The van der Waals surface area contributed by atoms with Crippen LogP contribution in [0.5, 0.6) is 11.5 Å². The van der Waals surface area contributed by atoms with E-state index in [1.54, 1.807) is 6.07 Å². The van der Waals surface area contributed by atoms with Crippen LogP contribution >= 0.6 is 0 Å². The number of amides is 1. The number of carbonyl (C=O) groups is 1. The summed E-state index contributed by atoms with van der Waals surface area (Å²) >= 11 is 0. The zero-order chi connectivity index (χ0) is 15.6. The molecule has 0 aliphatic carbocycles. The minimum absolute atomic E-state index is 0.147. The van der Waals surface area contributed by atoms with Gasteiger partial charge in [-0.25, -0.2) is 0 Å². The highest BCUT2D eigenvalue weighted by Gasteiger charge is 2.20. The highest BCUT2D eigenvalue weighted by molar-refractivity contribution is 5.97. The average Bonchev–Trinajstić information content (AvgIpc) is 3.07. The Bertz CT molecular complexity index is 758. The van der Waals surface area contributed by atoms with Crippen LogP contribution < -0.4 is 20.1 Å². The van der Waals surface area contributed by atoms with Gasteiger partial charge in [-0.05, 0) is 28.8 Å². The van der Waals surface area contributed by atoms with E-state index in [-0.39, 0.29) is 5.91 Å². The monoisotopic (exact) mass is 310 g/mol. The summed E-state index contributed by atoms with van der Waals surface area (Å²) < 4.78 is 11.1. The molecule has 0 aromatic heterocycles. The first-order valence-electron chi connectivity index (χ1n) is 7.79. The van der Waals surface area contributed by atoms with Crippen molar-refractivity contribution in [2.75, 3.05) is 13.2 Å². The summed E-state index contributed by atoms with van der Waals surface area (Å²) in [6.07, 6.45) is 0. The molecule has 0 bridgehead atoms. The Morgan fingerprint density at radius 1 is 1.09 bits per heavy atom. The standard InChI is InChI=1S/C18H18N2O3/c21-18(15-2-1-3-16-17(15)23-7-6-22-16)20-9-12-4-5-13-10-19-11-14(13)8-12/h1-5,8,19H,6-7,9-11H2,(H,20,21). The lowest BCUT2D eigenvalue weighted by Crippen LogP contribution is -2.25. The van der Waals surface area contributed by atoms with E-state index >= 15 is 0 Å². The molecule has 0 saturated carbocycles. The molecule has 0 saturated heterocycles. The van der Waals surface area contributed by atoms with Crippen LogP contribution in [0.2, 0.25) is 0 Å². The maximum absolute atomic E-state index is 12.5. The Hall–Kier alpha value is -2.53. The number of para-hydroxylation sites is 1. The third kappa shape index (κ3) is 2.75. The first-order chi connectivity index (χ1) is 11.3. The smallest absolute Gasteiger partial charge is 0.255 e. The Kier molecular flexibility index (Phi) is 3.63. The summed E-state index contributed by atoms with van der Waals surface area (Å²) in [7, 11) is 0. The summed E-state index contributed by atoms with van der Waals surface area (Å²) in [6.45, 7) is 3.30. The van der Waals surface area contributed by atoms with Crippen molar-refractivity contribution in [1.29, 1.82) is 0 Å². The lowest BCUT2D eigenvalue weighted by molar-refractivity contribution is 0.0940. The molecule has 0 unspecified atom stereocenters. The molecule has 2 aromatic carbocycles. The molecule has 2 aliphatic heterocycles. The van der Waals surface area contributed by atoms with E-state index in [1.165, 1.54) is 11.1 Å². The summed E-state index contributed by atoms with van der Waals surface area (Å²) in [6, 6.07) is 11.7. The van der Waals surface area contributed by atoms with Crippen LogP contribution in [0.15, 0.2) is 36.4 Å². The fourth-order valence-corrected chi connectivity index (χ4v) is 2.99. The maximum Gasteiger partial charge on any atom is 0.255 e. The summed E-state index contributed by atoms with van der Waals surface area (Å²) in [5, 5.41) is 6.28. The van der Waals surface area contributed by atoms with E-state index in [0.717, 1.165) is 18.7 Å². The van der Waals surface area contributed by atoms with E-state index in [4.69, 9.17) is 9.47 Å². The first-order valence-corrected chi connectivity index (χ1v) is 7.79. The van der Waals surface area contributed by atoms with Crippen molar-refractivity contribution in [3.8, 4) is 11.5 Å². The molecule has 118 valence electrons. The van der Waals surface area contributed by atoms with Crippen molar-refractivity contribution in [1.82, 2.24) is 10.6 Å². The number of ether oxygens (including phenoxy) is 2. The van der Waals surface area contributed by atoms with E-state index in [9.17, 15) is 4.79 Å². The van der Waals surface area contributed by atoms with Crippen LogP contribution in [-0.2, 0) is 19.6 Å². The molecule has 0 atom stereocenters. The molecule has 2 aliphatic rings. The second-order valence-electron chi connectivity index (χ2n) is 5.72. The molecule has 4 rings (SSSR count). The summed E-state index contributed by atoms with van der Waals surface area (Å²) in [5.41, 5.74) is 4.26. The van der Waals surface area contributed by atoms with Gasteiger partial charge in [0.15, 0.2) is 11.5 Å². The molecule has 5 heteroatoms. The van der Waals surface area contributed by atoms with E-state index < -0.39 is 0 Å². The van der Waals surface area contributed by atoms with Gasteiger partial charge in [-0.3, -0.25) is 4.79 Å². The third-order valence-electron chi connectivity index (χ3n) is 4.17. The number of hydrogen-bond donors (Lipinski definition) is 2. The first kappa shape index (κ1) is 14.1. The Balaban J connectivity index is 1.48. The number of nitrogens with one attached hydrogen (secondary N) is 2. The van der Waals surface area contributed by atoms with Gasteiger partial charge in [0.2, 0.25) is 0 Å². The molecule has 2 N–H and O–H groups in total. The predicted molar refractivity (Wildman–Crippen MR) is 85.6 cm³/mol. The van der Waals surface area contributed by atoms with Crippen molar-refractivity contribution in [3.63, 3.8) is 0 Å². The van der Waals surface area contributed by atoms with Gasteiger partial charge in [0.25, 0.3) is 5.91 Å². The lowest BCUT2D eigenvalue weighted by atomic mass is 10.1. The van der Waals surface area contributed by atoms with Gasteiger partial charge in [-0.15, -0.1) is 0 Å². The van der Waals surface area contributed by atoms with Crippen LogP contribution in [0, 0.1) is 0 Å². The number of rotatable bonds is 3. The van der Waals surface area contributed by atoms with Crippen LogP contribution in [0.1, 0.15) is 27.0 Å². The second kappa shape index (κ2) is 5.93.